The Bertz CT molecular complexity index is 1010. The standard InChI is InChI=1S/C23H29ClN2O3S/c1-16-9-8-12-21(17(16)2)26-30(28,29)22-15-18(13-14-20(22)24)23(27)25-19-10-6-4-3-5-7-11-19/h8-9,12-15,19,26H,3-7,10-11H2,1-2H3,(H,25,27). The Morgan fingerprint density at radius 2 is 1.67 bits per heavy atom. The van der Waals surface area contributed by atoms with E-state index in [-0.39, 0.29) is 21.9 Å². The number of hydrogen-bond acceptors (Lipinski definition) is 3. The molecule has 0 unspecified atom stereocenters. The van der Waals surface area contributed by atoms with Gasteiger partial charge in [-0.1, -0.05) is 55.8 Å². The normalized spacial score (nSPS) is 15.8. The molecular formula is C23H29ClN2O3S. The Labute approximate surface area is 184 Å². The SMILES string of the molecule is Cc1cccc(NS(=O)(=O)c2cc(C(=O)NC3CCCCCCC3)ccc2Cl)c1C. The van der Waals surface area contributed by atoms with Gasteiger partial charge in [0.15, 0.2) is 0 Å². The fourth-order valence-corrected chi connectivity index (χ4v) is 5.43. The van der Waals surface area contributed by atoms with Crippen LogP contribution in [-0.2, 0) is 10.0 Å². The number of carbonyl (C=O) groups excluding carboxylic acids is 1. The largest absolute Gasteiger partial charge is 0.349 e. The lowest BCUT2D eigenvalue weighted by Gasteiger charge is -2.21. The minimum absolute atomic E-state index is 0.0790. The maximum Gasteiger partial charge on any atom is 0.263 e. The second kappa shape index (κ2) is 9.84. The van der Waals surface area contributed by atoms with Crippen molar-refractivity contribution in [3.8, 4) is 0 Å². The zero-order valence-electron chi connectivity index (χ0n) is 17.5. The second-order valence-electron chi connectivity index (χ2n) is 8.01. The number of aryl methyl sites for hydroxylation is 1. The summed E-state index contributed by atoms with van der Waals surface area (Å²) in [5.41, 5.74) is 2.61. The summed E-state index contributed by atoms with van der Waals surface area (Å²) >= 11 is 6.20. The number of sulfonamides is 1. The number of carbonyl (C=O) groups is 1. The van der Waals surface area contributed by atoms with Crippen LogP contribution in [-0.4, -0.2) is 20.4 Å². The van der Waals surface area contributed by atoms with E-state index >= 15 is 0 Å². The summed E-state index contributed by atoms with van der Waals surface area (Å²) < 4.78 is 28.6. The maximum absolute atomic E-state index is 13.0. The first-order valence-corrected chi connectivity index (χ1v) is 12.3. The summed E-state index contributed by atoms with van der Waals surface area (Å²) in [7, 11) is -3.94. The first-order valence-electron chi connectivity index (χ1n) is 10.5. The van der Waals surface area contributed by atoms with Gasteiger partial charge in [-0.15, -0.1) is 0 Å². The van der Waals surface area contributed by atoms with Gasteiger partial charge in [-0.25, -0.2) is 8.42 Å². The summed E-state index contributed by atoms with van der Waals surface area (Å²) in [5, 5.41) is 3.15. The van der Waals surface area contributed by atoms with Crippen molar-refractivity contribution in [3.63, 3.8) is 0 Å². The Kier molecular flexibility index (Phi) is 7.42. The summed E-state index contributed by atoms with van der Waals surface area (Å²) in [4.78, 5) is 12.7. The van der Waals surface area contributed by atoms with Gasteiger partial charge in [-0.3, -0.25) is 9.52 Å². The molecule has 2 aromatic carbocycles. The molecule has 5 nitrogen and oxygen atoms in total. The topological polar surface area (TPSA) is 75.3 Å². The number of anilines is 1. The molecule has 1 aliphatic carbocycles. The molecule has 0 bridgehead atoms. The Hall–Kier alpha value is -2.05. The molecule has 2 aromatic rings. The zero-order valence-corrected chi connectivity index (χ0v) is 19.1. The predicted molar refractivity (Wildman–Crippen MR) is 122 cm³/mol. The smallest absolute Gasteiger partial charge is 0.263 e. The van der Waals surface area contributed by atoms with E-state index < -0.39 is 10.0 Å². The Balaban J connectivity index is 1.81. The van der Waals surface area contributed by atoms with Crippen molar-refractivity contribution in [3.05, 3.63) is 58.1 Å². The van der Waals surface area contributed by atoms with Crippen LogP contribution in [0.5, 0.6) is 0 Å². The summed E-state index contributed by atoms with van der Waals surface area (Å²) in [5.74, 6) is -0.263. The van der Waals surface area contributed by atoms with Crippen LogP contribution in [0.25, 0.3) is 0 Å². The molecule has 1 fully saturated rings. The van der Waals surface area contributed by atoms with Crippen molar-refractivity contribution in [2.75, 3.05) is 4.72 Å². The number of nitrogens with one attached hydrogen (secondary N) is 2. The molecule has 0 saturated heterocycles. The average molecular weight is 449 g/mol. The molecule has 0 heterocycles. The minimum Gasteiger partial charge on any atom is -0.349 e. The van der Waals surface area contributed by atoms with E-state index in [0.29, 0.717) is 11.3 Å². The van der Waals surface area contributed by atoms with Gasteiger partial charge in [0, 0.05) is 11.6 Å². The summed E-state index contributed by atoms with van der Waals surface area (Å²) in [6.07, 6.45) is 7.76. The molecule has 1 saturated carbocycles. The van der Waals surface area contributed by atoms with Crippen molar-refractivity contribution >= 4 is 33.2 Å². The molecule has 1 aliphatic rings. The predicted octanol–water partition coefficient (Wildman–Crippen LogP) is 5.60. The third-order valence-electron chi connectivity index (χ3n) is 5.77. The molecule has 30 heavy (non-hydrogen) atoms. The molecule has 2 N–H and O–H groups in total. The molecular weight excluding hydrogens is 420 g/mol. The van der Waals surface area contributed by atoms with Crippen LogP contribution in [0.3, 0.4) is 0 Å². The highest BCUT2D eigenvalue weighted by Crippen LogP contribution is 2.27. The van der Waals surface area contributed by atoms with Crippen LogP contribution in [0.4, 0.5) is 5.69 Å². The van der Waals surface area contributed by atoms with Gasteiger partial charge in [0.1, 0.15) is 4.90 Å². The third kappa shape index (κ3) is 5.55. The molecule has 162 valence electrons. The summed E-state index contributed by atoms with van der Waals surface area (Å²) in [6.45, 7) is 3.77. The van der Waals surface area contributed by atoms with Crippen LogP contribution in [0, 0.1) is 13.8 Å². The maximum atomic E-state index is 13.0. The number of halogens is 1. The van der Waals surface area contributed by atoms with Crippen LogP contribution < -0.4 is 10.0 Å². The van der Waals surface area contributed by atoms with Gasteiger partial charge < -0.3 is 5.32 Å². The summed E-state index contributed by atoms with van der Waals surface area (Å²) in [6, 6.07) is 9.93. The van der Waals surface area contributed by atoms with Gasteiger partial charge in [0.2, 0.25) is 0 Å². The van der Waals surface area contributed by atoms with Gasteiger partial charge in [0.25, 0.3) is 15.9 Å². The van der Waals surface area contributed by atoms with Crippen molar-refractivity contribution in [1.82, 2.24) is 5.32 Å². The molecule has 0 aliphatic heterocycles. The van der Waals surface area contributed by atoms with Gasteiger partial charge in [0.05, 0.1) is 10.7 Å². The number of rotatable bonds is 5. The fourth-order valence-electron chi connectivity index (χ4n) is 3.78. The Morgan fingerprint density at radius 1 is 1.00 bits per heavy atom. The molecule has 3 rings (SSSR count). The molecule has 0 radical (unpaired) electrons. The van der Waals surface area contributed by atoms with Crippen LogP contribution >= 0.6 is 11.6 Å². The Morgan fingerprint density at radius 3 is 2.37 bits per heavy atom. The lowest BCUT2D eigenvalue weighted by atomic mass is 9.96. The van der Waals surface area contributed by atoms with Crippen LogP contribution in [0.2, 0.25) is 5.02 Å². The van der Waals surface area contributed by atoms with E-state index in [1.165, 1.54) is 31.4 Å². The fraction of sp³-hybridized carbons (Fsp3) is 0.435. The van der Waals surface area contributed by atoms with E-state index in [2.05, 4.69) is 10.0 Å². The second-order valence-corrected chi connectivity index (χ2v) is 10.1. The minimum atomic E-state index is -3.94. The van der Waals surface area contributed by atoms with Gasteiger partial charge >= 0.3 is 0 Å². The van der Waals surface area contributed by atoms with E-state index in [1.54, 1.807) is 18.2 Å². The molecule has 0 atom stereocenters. The number of hydrogen-bond donors (Lipinski definition) is 2. The van der Waals surface area contributed by atoms with Gasteiger partial charge in [-0.2, -0.15) is 0 Å². The monoisotopic (exact) mass is 448 g/mol. The highest BCUT2D eigenvalue weighted by molar-refractivity contribution is 7.92. The lowest BCUT2D eigenvalue weighted by Crippen LogP contribution is -2.35. The highest BCUT2D eigenvalue weighted by Gasteiger charge is 2.22. The number of amides is 1. The van der Waals surface area contributed by atoms with Crippen LogP contribution in [0.1, 0.15) is 66.4 Å². The average Bonchev–Trinajstić information content (AvgIpc) is 2.67. The number of benzene rings is 2. The van der Waals surface area contributed by atoms with Crippen molar-refractivity contribution in [2.24, 2.45) is 0 Å². The van der Waals surface area contributed by atoms with E-state index in [4.69, 9.17) is 11.6 Å². The van der Waals surface area contributed by atoms with Gasteiger partial charge in [-0.05, 0) is 62.1 Å². The van der Waals surface area contributed by atoms with E-state index in [1.807, 2.05) is 19.9 Å². The molecule has 0 aromatic heterocycles. The molecule has 1 amide bonds. The van der Waals surface area contributed by atoms with E-state index in [9.17, 15) is 13.2 Å². The van der Waals surface area contributed by atoms with Crippen LogP contribution in [0.15, 0.2) is 41.3 Å². The quantitative estimate of drug-likeness (QED) is 0.625. The van der Waals surface area contributed by atoms with Crippen molar-refractivity contribution < 1.29 is 13.2 Å². The lowest BCUT2D eigenvalue weighted by molar-refractivity contribution is 0.0930. The third-order valence-corrected chi connectivity index (χ3v) is 7.62. The highest BCUT2D eigenvalue weighted by atomic mass is 35.5. The van der Waals surface area contributed by atoms with Crippen molar-refractivity contribution in [1.29, 1.82) is 0 Å². The first kappa shape index (κ1) is 22.6. The first-order chi connectivity index (χ1) is 14.3. The molecule has 0 spiro atoms. The molecule has 7 heteroatoms. The zero-order chi connectivity index (χ0) is 21.7. The van der Waals surface area contributed by atoms with Crippen molar-refractivity contribution in [2.45, 2.75) is 69.7 Å². The van der Waals surface area contributed by atoms with E-state index in [0.717, 1.165) is 36.8 Å².